The molecule has 0 saturated carbocycles. The molecule has 1 aliphatic rings. The molecule has 5 nitrogen and oxygen atoms in total. The van der Waals surface area contributed by atoms with E-state index in [9.17, 15) is 9.59 Å². The molecule has 2 heterocycles. The zero-order valence-electron chi connectivity index (χ0n) is 13.0. The number of hydrogen-bond acceptors (Lipinski definition) is 4. The zero-order valence-corrected chi connectivity index (χ0v) is 13.0. The number of ether oxygens (including phenoxy) is 2. The molecular formula is C19H15NO4. The van der Waals surface area contributed by atoms with Crippen molar-refractivity contribution in [2.45, 2.75) is 12.0 Å². The lowest BCUT2D eigenvalue weighted by atomic mass is 9.84. The van der Waals surface area contributed by atoms with Crippen molar-refractivity contribution in [2.24, 2.45) is 0 Å². The summed E-state index contributed by atoms with van der Waals surface area (Å²) >= 11 is 0. The highest BCUT2D eigenvalue weighted by Gasteiger charge is 2.42. The molecule has 2 aromatic carbocycles. The van der Waals surface area contributed by atoms with Gasteiger partial charge in [0.1, 0.15) is 12.0 Å². The van der Waals surface area contributed by atoms with Crippen molar-refractivity contribution in [1.29, 1.82) is 0 Å². The van der Waals surface area contributed by atoms with Crippen LogP contribution in [0.25, 0.3) is 10.9 Å². The molecule has 1 N–H and O–H groups in total. The molecule has 0 unspecified atom stereocenters. The lowest BCUT2D eigenvalue weighted by molar-refractivity contribution is -0.146. The van der Waals surface area contributed by atoms with Crippen molar-refractivity contribution >= 4 is 22.8 Å². The van der Waals surface area contributed by atoms with E-state index in [2.05, 4.69) is 4.98 Å². The summed E-state index contributed by atoms with van der Waals surface area (Å²) in [6.07, 6.45) is 1.06. The Balaban J connectivity index is 1.91. The Hall–Kier alpha value is -3.08. The van der Waals surface area contributed by atoms with Crippen LogP contribution in [0.4, 0.5) is 0 Å². The number of methoxy groups -OCH3 is 1. The molecule has 2 atom stereocenters. The average molecular weight is 321 g/mol. The number of cyclic esters (lactones) is 1. The van der Waals surface area contributed by atoms with Crippen molar-refractivity contribution in [3.8, 4) is 0 Å². The van der Waals surface area contributed by atoms with Crippen LogP contribution < -0.4 is 0 Å². The molecule has 0 spiro atoms. The average Bonchev–Trinajstić information content (AvgIpc) is 3.05. The second-order valence-corrected chi connectivity index (χ2v) is 5.70. The number of esters is 2. The highest BCUT2D eigenvalue weighted by atomic mass is 16.6. The van der Waals surface area contributed by atoms with E-state index < -0.39 is 24.0 Å². The summed E-state index contributed by atoms with van der Waals surface area (Å²) in [5.41, 5.74) is 2.73. The fourth-order valence-corrected chi connectivity index (χ4v) is 3.31. The van der Waals surface area contributed by atoms with Crippen LogP contribution >= 0.6 is 0 Å². The lowest BCUT2D eigenvalue weighted by Gasteiger charge is -2.31. The second-order valence-electron chi connectivity index (χ2n) is 5.70. The maximum atomic E-state index is 12.5. The molecule has 1 aliphatic heterocycles. The lowest BCUT2D eigenvalue weighted by Crippen LogP contribution is -2.31. The molecule has 0 radical (unpaired) electrons. The fraction of sp³-hybridized carbons (Fsp3) is 0.158. The van der Waals surface area contributed by atoms with Gasteiger partial charge in [-0.25, -0.2) is 4.79 Å². The van der Waals surface area contributed by atoms with Gasteiger partial charge in [0.25, 0.3) is 0 Å². The van der Waals surface area contributed by atoms with E-state index in [4.69, 9.17) is 9.47 Å². The number of carbonyl (C=O) groups excluding carboxylic acids is 2. The Morgan fingerprint density at radius 2 is 1.83 bits per heavy atom. The van der Waals surface area contributed by atoms with Crippen LogP contribution in [0.3, 0.4) is 0 Å². The number of hydrogen-bond donors (Lipinski definition) is 1. The number of fused-ring (bicyclic) bond motifs is 2. The summed E-state index contributed by atoms with van der Waals surface area (Å²) in [5, 5.41) is 0.920. The van der Waals surface area contributed by atoms with E-state index in [-0.39, 0.29) is 0 Å². The van der Waals surface area contributed by atoms with Crippen molar-refractivity contribution in [3.05, 3.63) is 71.4 Å². The number of nitrogens with one attached hydrogen (secondary N) is 1. The fourth-order valence-electron chi connectivity index (χ4n) is 3.31. The molecular weight excluding hydrogens is 306 g/mol. The van der Waals surface area contributed by atoms with E-state index in [1.807, 2.05) is 24.3 Å². The maximum absolute atomic E-state index is 12.5. The molecule has 0 amide bonds. The quantitative estimate of drug-likeness (QED) is 0.735. The van der Waals surface area contributed by atoms with E-state index in [1.165, 1.54) is 7.11 Å². The van der Waals surface area contributed by atoms with Crippen LogP contribution in [0, 0.1) is 0 Å². The number of aromatic nitrogens is 1. The van der Waals surface area contributed by atoms with Crippen LogP contribution in [0.2, 0.25) is 0 Å². The van der Waals surface area contributed by atoms with Gasteiger partial charge in [0.05, 0.1) is 12.7 Å². The number of rotatable bonds is 2. The number of benzene rings is 2. The van der Waals surface area contributed by atoms with Crippen molar-refractivity contribution < 1.29 is 19.1 Å². The van der Waals surface area contributed by atoms with E-state index in [0.29, 0.717) is 11.1 Å². The SMILES string of the molecule is COC(=O)[C@H]1c2ccccc2C(=O)O[C@H]1c1c[nH]c2ccccc12. The molecule has 24 heavy (non-hydrogen) atoms. The molecule has 120 valence electrons. The minimum atomic E-state index is -0.726. The summed E-state index contributed by atoms with van der Waals surface area (Å²) in [5.74, 6) is -1.55. The van der Waals surface area contributed by atoms with Crippen molar-refractivity contribution in [1.82, 2.24) is 4.98 Å². The Kier molecular flexibility index (Phi) is 3.34. The largest absolute Gasteiger partial charge is 0.468 e. The van der Waals surface area contributed by atoms with Crippen LogP contribution in [-0.2, 0) is 14.3 Å². The highest BCUT2D eigenvalue weighted by Crippen LogP contribution is 2.43. The van der Waals surface area contributed by atoms with Gasteiger partial charge in [-0.1, -0.05) is 36.4 Å². The Morgan fingerprint density at radius 1 is 1.08 bits per heavy atom. The van der Waals surface area contributed by atoms with Gasteiger partial charge < -0.3 is 14.5 Å². The summed E-state index contributed by atoms with van der Waals surface area (Å²) in [4.78, 5) is 28.0. The van der Waals surface area contributed by atoms with Gasteiger partial charge in [-0.15, -0.1) is 0 Å². The van der Waals surface area contributed by atoms with Gasteiger partial charge in [0.15, 0.2) is 0 Å². The van der Waals surface area contributed by atoms with Crippen LogP contribution in [0.5, 0.6) is 0 Å². The minimum Gasteiger partial charge on any atom is -0.468 e. The normalized spacial score (nSPS) is 19.6. The van der Waals surface area contributed by atoms with Gasteiger partial charge in [-0.3, -0.25) is 4.79 Å². The number of aromatic amines is 1. The van der Waals surface area contributed by atoms with Crippen LogP contribution in [0.15, 0.2) is 54.7 Å². The van der Waals surface area contributed by atoms with Gasteiger partial charge in [-0.05, 0) is 17.7 Å². The third-order valence-corrected chi connectivity index (χ3v) is 4.44. The molecule has 1 aromatic heterocycles. The topological polar surface area (TPSA) is 68.4 Å². The smallest absolute Gasteiger partial charge is 0.339 e. The zero-order chi connectivity index (χ0) is 16.7. The minimum absolute atomic E-state index is 0.406. The van der Waals surface area contributed by atoms with Gasteiger partial charge in [0, 0.05) is 22.7 Å². The van der Waals surface area contributed by atoms with E-state index >= 15 is 0 Å². The molecule has 5 heteroatoms. The number of carbonyl (C=O) groups is 2. The molecule has 3 aromatic rings. The second kappa shape index (κ2) is 5.53. The Bertz CT molecular complexity index is 943. The first-order valence-corrected chi connectivity index (χ1v) is 7.64. The predicted molar refractivity (Wildman–Crippen MR) is 87.7 cm³/mol. The summed E-state index contributed by atoms with van der Waals surface area (Å²) in [6, 6.07) is 14.7. The molecule has 0 bridgehead atoms. The number of para-hydroxylation sites is 1. The summed E-state index contributed by atoms with van der Waals surface area (Å²) < 4.78 is 10.6. The first kappa shape index (κ1) is 14.5. The maximum Gasteiger partial charge on any atom is 0.339 e. The van der Waals surface area contributed by atoms with Gasteiger partial charge in [-0.2, -0.15) is 0 Å². The van der Waals surface area contributed by atoms with Gasteiger partial charge >= 0.3 is 11.9 Å². The monoisotopic (exact) mass is 321 g/mol. The third-order valence-electron chi connectivity index (χ3n) is 4.44. The van der Waals surface area contributed by atoms with E-state index in [1.54, 1.807) is 30.5 Å². The predicted octanol–water partition coefficient (Wildman–Crippen LogP) is 3.34. The Labute approximate surface area is 138 Å². The Morgan fingerprint density at radius 3 is 2.67 bits per heavy atom. The molecule has 0 saturated heterocycles. The summed E-state index contributed by atoms with van der Waals surface area (Å²) in [6.45, 7) is 0. The molecule has 0 fully saturated rings. The standard InChI is InChI=1S/C19H15NO4/c1-23-19(22)16-12-7-2-3-8-13(12)18(21)24-17(16)14-10-20-15-9-5-4-6-11(14)15/h2-10,16-17,20H,1H3/t16-,17-/m0/s1. The third kappa shape index (κ3) is 2.09. The first-order chi connectivity index (χ1) is 11.7. The molecule has 0 aliphatic carbocycles. The molecule has 4 rings (SSSR count). The van der Waals surface area contributed by atoms with Gasteiger partial charge in [0.2, 0.25) is 0 Å². The van der Waals surface area contributed by atoms with Crippen LogP contribution in [-0.4, -0.2) is 24.0 Å². The first-order valence-electron chi connectivity index (χ1n) is 7.64. The van der Waals surface area contributed by atoms with E-state index in [0.717, 1.165) is 16.5 Å². The number of H-pyrrole nitrogens is 1. The van der Waals surface area contributed by atoms with Crippen molar-refractivity contribution in [3.63, 3.8) is 0 Å². The summed E-state index contributed by atoms with van der Waals surface area (Å²) in [7, 11) is 1.34. The van der Waals surface area contributed by atoms with Crippen LogP contribution in [0.1, 0.15) is 33.5 Å². The van der Waals surface area contributed by atoms with Crippen molar-refractivity contribution in [2.75, 3.05) is 7.11 Å². The highest BCUT2D eigenvalue weighted by molar-refractivity contribution is 5.97.